The molecule has 1 heterocycles. The van der Waals surface area contributed by atoms with Crippen molar-refractivity contribution in [2.45, 2.75) is 25.0 Å². The molecule has 1 aromatic carbocycles. The number of hydrogen-bond donors (Lipinski definition) is 2. The van der Waals surface area contributed by atoms with Crippen LogP contribution < -0.4 is 5.32 Å². The highest BCUT2D eigenvalue weighted by molar-refractivity contribution is 5.25. The average Bonchev–Trinajstić information content (AvgIpc) is 2.02. The minimum absolute atomic E-state index is 0.238. The van der Waals surface area contributed by atoms with Crippen molar-refractivity contribution in [2.24, 2.45) is 0 Å². The Balaban J connectivity index is 2.11. The minimum Gasteiger partial charge on any atom is -0.392 e. The average molecular weight is 177 g/mol. The van der Waals surface area contributed by atoms with Crippen molar-refractivity contribution in [3.8, 4) is 0 Å². The Bertz CT molecular complexity index is 271. The van der Waals surface area contributed by atoms with E-state index in [-0.39, 0.29) is 12.1 Å². The molecule has 2 rings (SSSR count). The molecule has 70 valence electrons. The maximum atomic E-state index is 9.44. The van der Waals surface area contributed by atoms with E-state index in [0.717, 1.165) is 6.54 Å². The van der Waals surface area contributed by atoms with Crippen molar-refractivity contribution in [3.63, 3.8) is 0 Å². The summed E-state index contributed by atoms with van der Waals surface area (Å²) < 4.78 is 0. The number of aliphatic hydroxyl groups is 1. The summed E-state index contributed by atoms with van der Waals surface area (Å²) in [6.45, 7) is 2.83. The van der Waals surface area contributed by atoms with Crippen molar-refractivity contribution in [1.82, 2.24) is 5.32 Å². The SMILES string of the molecule is CC(O)C1NCC1c1ccccc1. The van der Waals surface area contributed by atoms with Gasteiger partial charge in [0.25, 0.3) is 0 Å². The minimum atomic E-state index is -0.265. The molecule has 1 aliphatic heterocycles. The van der Waals surface area contributed by atoms with Gasteiger partial charge in [0.15, 0.2) is 0 Å². The summed E-state index contributed by atoms with van der Waals surface area (Å²) >= 11 is 0. The van der Waals surface area contributed by atoms with Crippen LogP contribution >= 0.6 is 0 Å². The van der Waals surface area contributed by atoms with Crippen LogP contribution in [0.25, 0.3) is 0 Å². The molecule has 3 unspecified atom stereocenters. The quantitative estimate of drug-likeness (QED) is 0.709. The molecule has 1 fully saturated rings. The fourth-order valence-corrected chi connectivity index (χ4v) is 1.90. The van der Waals surface area contributed by atoms with Crippen molar-refractivity contribution in [2.75, 3.05) is 6.54 Å². The Labute approximate surface area is 78.6 Å². The summed E-state index contributed by atoms with van der Waals surface area (Å²) in [5.74, 6) is 0.487. The lowest BCUT2D eigenvalue weighted by atomic mass is 9.82. The van der Waals surface area contributed by atoms with Crippen molar-refractivity contribution in [3.05, 3.63) is 35.9 Å². The molecule has 1 aliphatic rings. The molecule has 3 atom stereocenters. The second kappa shape index (κ2) is 3.48. The van der Waals surface area contributed by atoms with Gasteiger partial charge in [-0.25, -0.2) is 0 Å². The van der Waals surface area contributed by atoms with E-state index in [9.17, 15) is 5.11 Å². The molecule has 0 bridgehead atoms. The van der Waals surface area contributed by atoms with E-state index in [2.05, 4.69) is 17.4 Å². The zero-order valence-electron chi connectivity index (χ0n) is 7.77. The second-order valence-corrected chi connectivity index (χ2v) is 3.69. The van der Waals surface area contributed by atoms with Gasteiger partial charge in [0, 0.05) is 18.5 Å². The van der Waals surface area contributed by atoms with Gasteiger partial charge < -0.3 is 10.4 Å². The normalized spacial score (nSPS) is 29.4. The second-order valence-electron chi connectivity index (χ2n) is 3.69. The first-order valence-electron chi connectivity index (χ1n) is 4.75. The van der Waals surface area contributed by atoms with Gasteiger partial charge in [-0.2, -0.15) is 0 Å². The number of rotatable bonds is 2. The molecule has 0 aromatic heterocycles. The van der Waals surface area contributed by atoms with E-state index < -0.39 is 0 Å². The maximum Gasteiger partial charge on any atom is 0.0671 e. The Morgan fingerprint density at radius 3 is 2.54 bits per heavy atom. The first-order valence-corrected chi connectivity index (χ1v) is 4.75. The van der Waals surface area contributed by atoms with Crippen LogP contribution in [0.5, 0.6) is 0 Å². The zero-order valence-corrected chi connectivity index (χ0v) is 7.77. The summed E-state index contributed by atoms with van der Waals surface area (Å²) in [4.78, 5) is 0. The summed E-state index contributed by atoms with van der Waals surface area (Å²) in [6, 6.07) is 10.6. The van der Waals surface area contributed by atoms with Gasteiger partial charge in [-0.1, -0.05) is 30.3 Å². The predicted octanol–water partition coefficient (Wildman–Crippen LogP) is 1.12. The van der Waals surface area contributed by atoms with Crippen LogP contribution in [0.3, 0.4) is 0 Å². The molecule has 13 heavy (non-hydrogen) atoms. The first kappa shape index (κ1) is 8.73. The number of hydrogen-bond acceptors (Lipinski definition) is 2. The van der Waals surface area contributed by atoms with E-state index in [4.69, 9.17) is 0 Å². The molecular formula is C11H15NO. The fraction of sp³-hybridized carbons (Fsp3) is 0.455. The molecular weight excluding hydrogens is 162 g/mol. The van der Waals surface area contributed by atoms with Gasteiger partial charge in [0.1, 0.15) is 0 Å². The third-order valence-electron chi connectivity index (χ3n) is 2.75. The smallest absolute Gasteiger partial charge is 0.0671 e. The maximum absolute atomic E-state index is 9.44. The predicted molar refractivity (Wildman–Crippen MR) is 52.7 cm³/mol. The lowest BCUT2D eigenvalue weighted by Gasteiger charge is -2.40. The van der Waals surface area contributed by atoms with Crippen LogP contribution in [0.15, 0.2) is 30.3 Å². The molecule has 0 amide bonds. The van der Waals surface area contributed by atoms with Crippen LogP contribution in [0.1, 0.15) is 18.4 Å². The standard InChI is InChI=1S/C11H15NO/c1-8(13)11-10(7-12-11)9-5-3-2-4-6-9/h2-6,8,10-13H,7H2,1H3. The summed E-state index contributed by atoms with van der Waals surface area (Å²) in [6.07, 6.45) is -0.265. The summed E-state index contributed by atoms with van der Waals surface area (Å²) in [7, 11) is 0. The molecule has 2 nitrogen and oxygen atoms in total. The highest BCUT2D eigenvalue weighted by Gasteiger charge is 2.34. The first-order chi connectivity index (χ1) is 6.29. The molecule has 2 heteroatoms. The van der Waals surface area contributed by atoms with Gasteiger partial charge in [0.2, 0.25) is 0 Å². The van der Waals surface area contributed by atoms with Crippen molar-refractivity contribution >= 4 is 0 Å². The van der Waals surface area contributed by atoms with Crippen LogP contribution in [0, 0.1) is 0 Å². The highest BCUT2D eigenvalue weighted by Crippen LogP contribution is 2.27. The Kier molecular flexibility index (Phi) is 2.34. The van der Waals surface area contributed by atoms with Crippen molar-refractivity contribution < 1.29 is 5.11 Å². The monoisotopic (exact) mass is 177 g/mol. The van der Waals surface area contributed by atoms with Gasteiger partial charge in [-0.3, -0.25) is 0 Å². The number of aliphatic hydroxyl groups excluding tert-OH is 1. The lowest BCUT2D eigenvalue weighted by Crippen LogP contribution is -2.56. The molecule has 0 saturated carbocycles. The van der Waals surface area contributed by atoms with Crippen LogP contribution in [0.4, 0.5) is 0 Å². The van der Waals surface area contributed by atoms with Gasteiger partial charge in [-0.15, -0.1) is 0 Å². The summed E-state index contributed by atoms with van der Waals surface area (Å²) in [5, 5.41) is 12.7. The van der Waals surface area contributed by atoms with Crippen LogP contribution in [0.2, 0.25) is 0 Å². The zero-order chi connectivity index (χ0) is 9.26. The highest BCUT2D eigenvalue weighted by atomic mass is 16.3. The summed E-state index contributed by atoms with van der Waals surface area (Å²) in [5.41, 5.74) is 1.33. The van der Waals surface area contributed by atoms with Gasteiger partial charge in [0.05, 0.1) is 6.10 Å². The molecule has 0 spiro atoms. The Morgan fingerprint density at radius 2 is 2.08 bits per heavy atom. The molecule has 2 N–H and O–H groups in total. The van der Waals surface area contributed by atoms with E-state index in [1.165, 1.54) is 5.56 Å². The topological polar surface area (TPSA) is 32.3 Å². The fourth-order valence-electron chi connectivity index (χ4n) is 1.90. The van der Waals surface area contributed by atoms with Crippen LogP contribution in [-0.4, -0.2) is 23.8 Å². The van der Waals surface area contributed by atoms with E-state index in [0.29, 0.717) is 5.92 Å². The third-order valence-corrected chi connectivity index (χ3v) is 2.75. The van der Waals surface area contributed by atoms with E-state index in [1.54, 1.807) is 0 Å². The molecule has 1 saturated heterocycles. The van der Waals surface area contributed by atoms with Crippen LogP contribution in [-0.2, 0) is 0 Å². The van der Waals surface area contributed by atoms with E-state index in [1.807, 2.05) is 25.1 Å². The van der Waals surface area contributed by atoms with Gasteiger partial charge >= 0.3 is 0 Å². The Morgan fingerprint density at radius 1 is 1.38 bits per heavy atom. The number of benzene rings is 1. The lowest BCUT2D eigenvalue weighted by molar-refractivity contribution is 0.0943. The van der Waals surface area contributed by atoms with E-state index >= 15 is 0 Å². The molecule has 0 aliphatic carbocycles. The molecule has 1 aromatic rings. The molecule has 0 radical (unpaired) electrons. The third kappa shape index (κ3) is 1.60. The largest absolute Gasteiger partial charge is 0.392 e. The van der Waals surface area contributed by atoms with Crippen molar-refractivity contribution in [1.29, 1.82) is 0 Å². The van der Waals surface area contributed by atoms with Gasteiger partial charge in [-0.05, 0) is 12.5 Å². The number of nitrogens with one attached hydrogen (secondary N) is 1. The Hall–Kier alpha value is -0.860.